The summed E-state index contributed by atoms with van der Waals surface area (Å²) in [5, 5.41) is 0. The van der Waals surface area contributed by atoms with E-state index in [1.165, 1.54) is 219 Å². The summed E-state index contributed by atoms with van der Waals surface area (Å²) in [6, 6.07) is 0. The smallest absolute Gasteiger partial charge is 0.00189 e. The van der Waals surface area contributed by atoms with Gasteiger partial charge in [0.05, 0.1) is 0 Å². The molecule has 0 N–H and O–H groups in total. The third-order valence-electron chi connectivity index (χ3n) is 8.85. The van der Waals surface area contributed by atoms with Crippen molar-refractivity contribution < 1.29 is 0 Å². The van der Waals surface area contributed by atoms with Gasteiger partial charge in [0.1, 0.15) is 0 Å². The van der Waals surface area contributed by atoms with Crippen molar-refractivity contribution in [3.05, 3.63) is 0 Å². The maximum absolute atomic E-state index is 2.71. The van der Waals surface area contributed by atoms with Crippen LogP contribution in [0.5, 0.6) is 0 Å². The van der Waals surface area contributed by atoms with Crippen molar-refractivity contribution in [3.63, 3.8) is 0 Å². The molecule has 1 heteroatoms. The summed E-state index contributed by atoms with van der Waals surface area (Å²) in [6.45, 7) is 10.9. The summed E-state index contributed by atoms with van der Waals surface area (Å²) in [7, 11) is 0. The van der Waals surface area contributed by atoms with Gasteiger partial charge >= 0.3 is 0 Å². The second-order valence-corrected chi connectivity index (χ2v) is 12.7. The molecular formula is C37H77N. The van der Waals surface area contributed by atoms with E-state index in [-0.39, 0.29) is 0 Å². The average molecular weight is 536 g/mol. The molecule has 0 radical (unpaired) electrons. The van der Waals surface area contributed by atoms with E-state index in [0.717, 1.165) is 0 Å². The molecule has 0 aliphatic heterocycles. The molecule has 230 valence electrons. The first-order valence-corrected chi connectivity index (χ1v) is 18.6. The standard InChI is InChI=1S/C37H77N/c1-4-7-9-11-13-15-17-19-21-22-23-25-27-29-31-33-35-37-38(6-3)36-34-32-30-28-26-24-20-18-16-14-12-10-8-5-2/h4-37H2,1-3H3. The van der Waals surface area contributed by atoms with Crippen LogP contribution in [-0.2, 0) is 0 Å². The first-order chi connectivity index (χ1) is 18.8. The Morgan fingerprint density at radius 2 is 0.421 bits per heavy atom. The minimum Gasteiger partial charge on any atom is -0.304 e. The lowest BCUT2D eigenvalue weighted by molar-refractivity contribution is 0.273. The molecule has 0 saturated carbocycles. The van der Waals surface area contributed by atoms with Crippen LogP contribution >= 0.6 is 0 Å². The SMILES string of the molecule is CCCCCCCCCCCCCCCCCCCN(CC)CCCCCCCCCCCCCCCC. The molecule has 0 heterocycles. The summed E-state index contributed by atoms with van der Waals surface area (Å²) in [5.41, 5.74) is 0. The fourth-order valence-electron chi connectivity index (χ4n) is 6.02. The molecule has 0 aliphatic rings. The number of unbranched alkanes of at least 4 members (excludes halogenated alkanes) is 29. The van der Waals surface area contributed by atoms with E-state index in [0.29, 0.717) is 0 Å². The van der Waals surface area contributed by atoms with Gasteiger partial charge in [-0.3, -0.25) is 0 Å². The highest BCUT2D eigenvalue weighted by molar-refractivity contribution is 4.58. The van der Waals surface area contributed by atoms with Crippen LogP contribution in [0.15, 0.2) is 0 Å². The first-order valence-electron chi connectivity index (χ1n) is 18.6. The minimum atomic E-state index is 1.25. The van der Waals surface area contributed by atoms with Crippen LogP contribution in [0.1, 0.15) is 220 Å². The van der Waals surface area contributed by atoms with Gasteiger partial charge in [0.15, 0.2) is 0 Å². The lowest BCUT2D eigenvalue weighted by atomic mass is 10.0. The van der Waals surface area contributed by atoms with Gasteiger partial charge in [-0.15, -0.1) is 0 Å². The second kappa shape index (κ2) is 35.0. The molecule has 38 heavy (non-hydrogen) atoms. The molecule has 0 atom stereocenters. The highest BCUT2D eigenvalue weighted by Crippen LogP contribution is 2.15. The van der Waals surface area contributed by atoms with Gasteiger partial charge in [-0.2, -0.15) is 0 Å². The van der Waals surface area contributed by atoms with Crippen molar-refractivity contribution in [2.45, 2.75) is 220 Å². The van der Waals surface area contributed by atoms with Crippen LogP contribution in [0.2, 0.25) is 0 Å². The van der Waals surface area contributed by atoms with Crippen LogP contribution in [0, 0.1) is 0 Å². The Morgan fingerprint density at radius 3 is 0.605 bits per heavy atom. The number of nitrogens with zero attached hydrogens (tertiary/aromatic N) is 1. The van der Waals surface area contributed by atoms with Crippen molar-refractivity contribution in [1.82, 2.24) is 4.90 Å². The topological polar surface area (TPSA) is 3.24 Å². The number of rotatable bonds is 34. The van der Waals surface area contributed by atoms with E-state index in [1.54, 1.807) is 0 Å². The van der Waals surface area contributed by atoms with Crippen LogP contribution in [0.25, 0.3) is 0 Å². The molecule has 0 fully saturated rings. The second-order valence-electron chi connectivity index (χ2n) is 12.7. The Kier molecular flexibility index (Phi) is 35.0. The zero-order valence-corrected chi connectivity index (χ0v) is 27.5. The van der Waals surface area contributed by atoms with Gasteiger partial charge in [-0.05, 0) is 32.5 Å². The van der Waals surface area contributed by atoms with Gasteiger partial charge < -0.3 is 4.90 Å². The molecule has 0 rings (SSSR count). The van der Waals surface area contributed by atoms with Gasteiger partial charge in [0, 0.05) is 0 Å². The first kappa shape index (κ1) is 38.0. The third-order valence-corrected chi connectivity index (χ3v) is 8.85. The maximum atomic E-state index is 2.71. The predicted octanol–water partition coefficient (Wildman–Crippen LogP) is 13.4. The summed E-state index contributed by atoms with van der Waals surface area (Å²) in [6.07, 6.45) is 45.4. The monoisotopic (exact) mass is 536 g/mol. The minimum absolute atomic E-state index is 1.25. The molecule has 0 unspecified atom stereocenters. The Morgan fingerprint density at radius 1 is 0.237 bits per heavy atom. The fourth-order valence-corrected chi connectivity index (χ4v) is 6.02. The van der Waals surface area contributed by atoms with Crippen LogP contribution in [-0.4, -0.2) is 24.5 Å². The summed E-state index contributed by atoms with van der Waals surface area (Å²) >= 11 is 0. The zero-order valence-electron chi connectivity index (χ0n) is 27.5. The lowest BCUT2D eigenvalue weighted by Crippen LogP contribution is -2.25. The molecule has 0 spiro atoms. The Hall–Kier alpha value is -0.0400. The van der Waals surface area contributed by atoms with Gasteiger partial charge in [-0.25, -0.2) is 0 Å². The van der Waals surface area contributed by atoms with Crippen molar-refractivity contribution in [3.8, 4) is 0 Å². The highest BCUT2D eigenvalue weighted by Gasteiger charge is 2.02. The molecule has 0 aromatic heterocycles. The molecule has 0 bridgehead atoms. The summed E-state index contributed by atoms with van der Waals surface area (Å²) in [4.78, 5) is 2.71. The third kappa shape index (κ3) is 32.2. The molecule has 0 aromatic carbocycles. The van der Waals surface area contributed by atoms with E-state index < -0.39 is 0 Å². The zero-order chi connectivity index (χ0) is 27.6. The normalized spacial score (nSPS) is 11.7. The Balaban J connectivity index is 3.25. The molecule has 0 amide bonds. The lowest BCUT2D eigenvalue weighted by Gasteiger charge is -2.20. The fraction of sp³-hybridized carbons (Fsp3) is 1.00. The average Bonchev–Trinajstić information content (AvgIpc) is 2.93. The quantitative estimate of drug-likeness (QED) is 0.0740. The molecule has 1 nitrogen and oxygen atoms in total. The van der Waals surface area contributed by atoms with Crippen LogP contribution < -0.4 is 0 Å². The predicted molar refractivity (Wildman–Crippen MR) is 177 cm³/mol. The van der Waals surface area contributed by atoms with E-state index in [1.807, 2.05) is 0 Å². The molecular weight excluding hydrogens is 458 g/mol. The molecule has 0 saturated heterocycles. The maximum Gasteiger partial charge on any atom is -0.00189 e. The number of hydrogen-bond acceptors (Lipinski definition) is 1. The summed E-state index contributed by atoms with van der Waals surface area (Å²) in [5.74, 6) is 0. The van der Waals surface area contributed by atoms with Gasteiger partial charge in [0.2, 0.25) is 0 Å². The van der Waals surface area contributed by atoms with E-state index >= 15 is 0 Å². The van der Waals surface area contributed by atoms with Crippen LogP contribution in [0.4, 0.5) is 0 Å². The van der Waals surface area contributed by atoms with Gasteiger partial charge in [0.25, 0.3) is 0 Å². The Bertz CT molecular complexity index is 392. The molecule has 0 aromatic rings. The van der Waals surface area contributed by atoms with Crippen molar-refractivity contribution in [2.75, 3.05) is 19.6 Å². The Labute approximate surface area is 244 Å². The van der Waals surface area contributed by atoms with Crippen molar-refractivity contribution in [2.24, 2.45) is 0 Å². The molecule has 0 aliphatic carbocycles. The van der Waals surface area contributed by atoms with E-state index in [9.17, 15) is 0 Å². The van der Waals surface area contributed by atoms with Crippen molar-refractivity contribution in [1.29, 1.82) is 0 Å². The van der Waals surface area contributed by atoms with Gasteiger partial charge in [-0.1, -0.05) is 207 Å². The number of hydrogen-bond donors (Lipinski definition) is 0. The van der Waals surface area contributed by atoms with E-state index in [4.69, 9.17) is 0 Å². The van der Waals surface area contributed by atoms with Crippen molar-refractivity contribution >= 4 is 0 Å². The summed E-state index contributed by atoms with van der Waals surface area (Å²) < 4.78 is 0. The van der Waals surface area contributed by atoms with E-state index in [2.05, 4.69) is 25.7 Å². The van der Waals surface area contributed by atoms with Crippen LogP contribution in [0.3, 0.4) is 0 Å². The highest BCUT2D eigenvalue weighted by atomic mass is 15.1. The largest absolute Gasteiger partial charge is 0.304 e.